The molecule has 3 rings (SSSR count). The fourth-order valence-electron chi connectivity index (χ4n) is 2.47. The van der Waals surface area contributed by atoms with Gasteiger partial charge in [-0.1, -0.05) is 24.3 Å². The molecule has 4 nitrogen and oxygen atoms in total. The zero-order valence-electron chi connectivity index (χ0n) is 10.9. The average Bonchev–Trinajstić information content (AvgIpc) is 2.46. The highest BCUT2D eigenvalue weighted by Crippen LogP contribution is 2.44. The third kappa shape index (κ3) is 2.32. The van der Waals surface area contributed by atoms with Gasteiger partial charge < -0.3 is 15.6 Å². The second-order valence-corrected chi connectivity index (χ2v) is 5.83. The second-order valence-electron chi connectivity index (χ2n) is 4.67. The zero-order chi connectivity index (χ0) is 15.0. The van der Waals surface area contributed by atoms with Gasteiger partial charge in [0.15, 0.2) is 0 Å². The van der Waals surface area contributed by atoms with E-state index in [4.69, 9.17) is 10.5 Å². The van der Waals surface area contributed by atoms with Gasteiger partial charge in [0.05, 0.1) is 5.92 Å². The molecular weight excluding hydrogens is 379 g/mol. The van der Waals surface area contributed by atoms with Gasteiger partial charge in [0.25, 0.3) is 0 Å². The number of nitriles is 1. The van der Waals surface area contributed by atoms with E-state index in [2.05, 4.69) is 28.7 Å². The molecule has 0 saturated heterocycles. The number of hydrogen-bond donors (Lipinski definition) is 2. The first-order valence-electron chi connectivity index (χ1n) is 6.26. The summed E-state index contributed by atoms with van der Waals surface area (Å²) in [5, 5.41) is 19.1. The number of aromatic hydroxyl groups is 1. The van der Waals surface area contributed by atoms with E-state index in [1.807, 2.05) is 24.3 Å². The Bertz CT molecular complexity index is 793. The Morgan fingerprint density at radius 3 is 2.67 bits per heavy atom. The normalized spacial score (nSPS) is 16.9. The van der Waals surface area contributed by atoms with E-state index in [1.165, 1.54) is 6.07 Å². The smallest absolute Gasteiger partial charge is 0.205 e. The van der Waals surface area contributed by atoms with Gasteiger partial charge in [-0.15, -0.1) is 0 Å². The topological polar surface area (TPSA) is 79.3 Å². The average molecular weight is 390 g/mol. The van der Waals surface area contributed by atoms with Gasteiger partial charge in [0, 0.05) is 15.2 Å². The number of allylic oxidation sites excluding steroid dienone is 1. The quantitative estimate of drug-likeness (QED) is 0.733. The summed E-state index contributed by atoms with van der Waals surface area (Å²) in [7, 11) is 0. The van der Waals surface area contributed by atoms with E-state index in [0.717, 1.165) is 14.7 Å². The van der Waals surface area contributed by atoms with Crippen LogP contribution in [0.3, 0.4) is 0 Å². The SMILES string of the molecule is N#CC1=C(N)Oc2cc(O)ccc2[C@@H]1c1ccccc1I. The van der Waals surface area contributed by atoms with E-state index in [1.54, 1.807) is 12.1 Å². The third-order valence-electron chi connectivity index (χ3n) is 3.42. The lowest BCUT2D eigenvalue weighted by molar-refractivity contribution is 0.388. The first kappa shape index (κ1) is 13.8. The second kappa shape index (κ2) is 5.30. The summed E-state index contributed by atoms with van der Waals surface area (Å²) in [4.78, 5) is 0. The molecule has 1 atom stereocenters. The Morgan fingerprint density at radius 1 is 1.19 bits per heavy atom. The predicted octanol–water partition coefficient (Wildman–Crippen LogP) is 3.21. The van der Waals surface area contributed by atoms with Crippen LogP contribution in [0.2, 0.25) is 0 Å². The molecule has 104 valence electrons. The molecule has 0 fully saturated rings. The lowest BCUT2D eigenvalue weighted by atomic mass is 9.83. The number of nitrogens with two attached hydrogens (primary N) is 1. The minimum absolute atomic E-state index is 0.0836. The van der Waals surface area contributed by atoms with Crippen molar-refractivity contribution in [1.29, 1.82) is 5.26 Å². The van der Waals surface area contributed by atoms with E-state index in [0.29, 0.717) is 11.3 Å². The Balaban J connectivity index is 2.27. The highest BCUT2D eigenvalue weighted by Gasteiger charge is 2.31. The molecule has 0 aliphatic carbocycles. The van der Waals surface area contributed by atoms with Gasteiger partial charge in [-0.05, 0) is 40.3 Å². The number of fused-ring (bicyclic) bond motifs is 1. The Kier molecular flexibility index (Phi) is 3.47. The van der Waals surface area contributed by atoms with Crippen LogP contribution in [0.5, 0.6) is 11.5 Å². The van der Waals surface area contributed by atoms with Crippen LogP contribution >= 0.6 is 22.6 Å². The van der Waals surface area contributed by atoms with E-state index in [9.17, 15) is 10.4 Å². The van der Waals surface area contributed by atoms with Crippen molar-refractivity contribution in [3.63, 3.8) is 0 Å². The van der Waals surface area contributed by atoms with Crippen LogP contribution in [0.25, 0.3) is 0 Å². The largest absolute Gasteiger partial charge is 0.508 e. The van der Waals surface area contributed by atoms with Crippen LogP contribution in [0, 0.1) is 14.9 Å². The van der Waals surface area contributed by atoms with Crippen molar-refractivity contribution in [2.24, 2.45) is 5.73 Å². The molecule has 0 amide bonds. The van der Waals surface area contributed by atoms with Gasteiger partial charge in [-0.25, -0.2) is 0 Å². The van der Waals surface area contributed by atoms with Crippen molar-refractivity contribution >= 4 is 22.6 Å². The number of nitrogens with zero attached hydrogens (tertiary/aromatic N) is 1. The summed E-state index contributed by atoms with van der Waals surface area (Å²) < 4.78 is 6.52. The van der Waals surface area contributed by atoms with Crippen LogP contribution in [0.1, 0.15) is 17.0 Å². The van der Waals surface area contributed by atoms with Crippen LogP contribution in [0.15, 0.2) is 53.9 Å². The fourth-order valence-corrected chi connectivity index (χ4v) is 3.17. The Morgan fingerprint density at radius 2 is 1.95 bits per heavy atom. The number of phenols is 1. The molecule has 0 radical (unpaired) electrons. The highest BCUT2D eigenvalue weighted by atomic mass is 127. The summed E-state index contributed by atoms with van der Waals surface area (Å²) in [6, 6.07) is 14.8. The molecule has 1 aliphatic rings. The first-order valence-corrected chi connectivity index (χ1v) is 7.34. The Hall–Kier alpha value is -2.20. The molecule has 0 bridgehead atoms. The number of halogens is 1. The molecule has 0 aromatic heterocycles. The zero-order valence-corrected chi connectivity index (χ0v) is 13.0. The van der Waals surface area contributed by atoms with Crippen molar-refractivity contribution in [3.05, 3.63) is 68.6 Å². The Labute approximate surface area is 135 Å². The standard InChI is InChI=1S/C16H11IN2O2/c17-13-4-2-1-3-10(13)15-11-6-5-9(20)7-14(11)21-16(19)12(15)8-18/h1-7,15,20H,19H2/t15-/m0/s1. The summed E-state index contributed by atoms with van der Waals surface area (Å²) in [6.45, 7) is 0. The van der Waals surface area contributed by atoms with E-state index in [-0.39, 0.29) is 17.6 Å². The van der Waals surface area contributed by atoms with Crippen LogP contribution in [-0.4, -0.2) is 5.11 Å². The van der Waals surface area contributed by atoms with Gasteiger partial charge in [-0.3, -0.25) is 0 Å². The predicted molar refractivity (Wildman–Crippen MR) is 86.6 cm³/mol. The molecule has 2 aromatic rings. The molecule has 5 heteroatoms. The van der Waals surface area contributed by atoms with E-state index < -0.39 is 0 Å². The van der Waals surface area contributed by atoms with Crippen molar-refractivity contribution in [2.75, 3.05) is 0 Å². The maximum atomic E-state index is 9.61. The van der Waals surface area contributed by atoms with Crippen molar-refractivity contribution in [3.8, 4) is 17.6 Å². The van der Waals surface area contributed by atoms with E-state index >= 15 is 0 Å². The fraction of sp³-hybridized carbons (Fsp3) is 0.0625. The molecule has 0 saturated carbocycles. The summed E-state index contributed by atoms with van der Waals surface area (Å²) in [6.07, 6.45) is 0. The third-order valence-corrected chi connectivity index (χ3v) is 4.40. The van der Waals surface area contributed by atoms with Crippen LogP contribution in [0.4, 0.5) is 0 Å². The highest BCUT2D eigenvalue weighted by molar-refractivity contribution is 14.1. The lowest BCUT2D eigenvalue weighted by Crippen LogP contribution is -2.21. The number of ether oxygens (including phenoxy) is 1. The number of phenolic OH excluding ortho intramolecular Hbond substituents is 1. The molecule has 2 aromatic carbocycles. The van der Waals surface area contributed by atoms with Gasteiger partial charge in [0.2, 0.25) is 5.88 Å². The molecule has 0 spiro atoms. The maximum absolute atomic E-state index is 9.61. The van der Waals surface area contributed by atoms with Gasteiger partial charge in [0.1, 0.15) is 23.1 Å². The summed E-state index contributed by atoms with van der Waals surface area (Å²) >= 11 is 2.24. The van der Waals surface area contributed by atoms with Crippen molar-refractivity contribution in [2.45, 2.75) is 5.92 Å². The van der Waals surface area contributed by atoms with Crippen LogP contribution < -0.4 is 10.5 Å². The molecule has 21 heavy (non-hydrogen) atoms. The molecular formula is C16H11IN2O2. The number of rotatable bonds is 1. The lowest BCUT2D eigenvalue weighted by Gasteiger charge is -2.27. The summed E-state index contributed by atoms with van der Waals surface area (Å²) in [5.41, 5.74) is 8.08. The minimum Gasteiger partial charge on any atom is -0.508 e. The molecule has 1 aliphatic heterocycles. The van der Waals surface area contributed by atoms with Crippen molar-refractivity contribution < 1.29 is 9.84 Å². The van der Waals surface area contributed by atoms with Gasteiger partial charge >= 0.3 is 0 Å². The van der Waals surface area contributed by atoms with Crippen molar-refractivity contribution in [1.82, 2.24) is 0 Å². The molecule has 0 unspecified atom stereocenters. The molecule has 3 N–H and O–H groups in total. The minimum atomic E-state index is -0.285. The van der Waals surface area contributed by atoms with Crippen LogP contribution in [-0.2, 0) is 0 Å². The van der Waals surface area contributed by atoms with Gasteiger partial charge in [-0.2, -0.15) is 5.26 Å². The first-order chi connectivity index (χ1) is 10.1. The summed E-state index contributed by atoms with van der Waals surface area (Å²) in [5.74, 6) is 0.382. The number of benzene rings is 2. The monoisotopic (exact) mass is 390 g/mol. The maximum Gasteiger partial charge on any atom is 0.205 e. The number of hydrogen-bond acceptors (Lipinski definition) is 4. The molecule has 1 heterocycles.